The number of nitrogens with zero attached hydrogens (tertiary/aromatic N) is 2. The Labute approximate surface area is 180 Å². The highest BCUT2D eigenvalue weighted by molar-refractivity contribution is 8.26. The van der Waals surface area contributed by atoms with Crippen molar-refractivity contribution in [3.05, 3.63) is 71.3 Å². The number of hydrogen-bond acceptors (Lipinski definition) is 4. The zero-order valence-electron chi connectivity index (χ0n) is 16.2. The number of aryl methyl sites for hydroxylation is 1. The number of amides is 1. The molecule has 1 aliphatic rings. The van der Waals surface area contributed by atoms with Gasteiger partial charge in [0.2, 0.25) is 0 Å². The Balaban J connectivity index is 1.52. The second-order valence-electron chi connectivity index (χ2n) is 6.74. The zero-order chi connectivity index (χ0) is 20.2. The maximum atomic E-state index is 12.6. The molecule has 0 radical (unpaired) electrons. The van der Waals surface area contributed by atoms with Crippen LogP contribution in [0.25, 0.3) is 17.0 Å². The summed E-state index contributed by atoms with van der Waals surface area (Å²) >= 11 is 6.71. The molecule has 3 aromatic rings. The second kappa shape index (κ2) is 8.84. The van der Waals surface area contributed by atoms with E-state index in [1.807, 2.05) is 55.5 Å². The van der Waals surface area contributed by atoms with Crippen molar-refractivity contribution in [2.75, 3.05) is 13.2 Å². The molecule has 1 aliphatic heterocycles. The molecule has 6 heteroatoms. The minimum absolute atomic E-state index is 0.00408. The Kier molecular flexibility index (Phi) is 6.02. The maximum Gasteiger partial charge on any atom is 0.266 e. The molecule has 2 heterocycles. The van der Waals surface area contributed by atoms with Gasteiger partial charge in [0.05, 0.1) is 11.5 Å². The highest BCUT2D eigenvalue weighted by Gasteiger charge is 2.30. The van der Waals surface area contributed by atoms with Gasteiger partial charge in [-0.1, -0.05) is 60.4 Å². The van der Waals surface area contributed by atoms with E-state index in [4.69, 9.17) is 17.0 Å². The van der Waals surface area contributed by atoms with E-state index in [1.54, 1.807) is 4.90 Å². The summed E-state index contributed by atoms with van der Waals surface area (Å²) in [7, 11) is 0. The number of carbonyl (C=O) groups excluding carboxylic acids is 1. The first-order chi connectivity index (χ1) is 14.2. The monoisotopic (exact) mass is 422 g/mol. The van der Waals surface area contributed by atoms with Gasteiger partial charge in [0.1, 0.15) is 10.1 Å². The van der Waals surface area contributed by atoms with Crippen molar-refractivity contribution in [1.29, 1.82) is 0 Å². The SMILES string of the molecule is CCN1C(=O)/C(=C/c2cn(CCCOc3ccccc3)c3ccccc23)SC1=S. The minimum atomic E-state index is -0.00408. The third kappa shape index (κ3) is 4.23. The fourth-order valence-electron chi connectivity index (χ4n) is 3.43. The molecule has 4 nitrogen and oxygen atoms in total. The summed E-state index contributed by atoms with van der Waals surface area (Å²) < 4.78 is 8.67. The number of thioether (sulfide) groups is 1. The molecule has 0 spiro atoms. The van der Waals surface area contributed by atoms with Crippen LogP contribution < -0.4 is 4.74 Å². The number of fused-ring (bicyclic) bond motifs is 1. The molecule has 1 saturated heterocycles. The van der Waals surface area contributed by atoms with Crippen LogP contribution in [0.2, 0.25) is 0 Å². The molecule has 29 heavy (non-hydrogen) atoms. The fourth-order valence-corrected chi connectivity index (χ4v) is 4.81. The molecule has 0 unspecified atom stereocenters. The van der Waals surface area contributed by atoms with E-state index in [1.165, 1.54) is 11.8 Å². The molecule has 148 valence electrons. The number of thiocarbonyl (C=S) groups is 1. The van der Waals surface area contributed by atoms with Gasteiger partial charge in [-0.3, -0.25) is 9.69 Å². The number of aromatic nitrogens is 1. The smallest absolute Gasteiger partial charge is 0.266 e. The van der Waals surface area contributed by atoms with Crippen molar-refractivity contribution in [2.45, 2.75) is 19.9 Å². The Morgan fingerprint density at radius 1 is 1.10 bits per heavy atom. The van der Waals surface area contributed by atoms with E-state index in [0.717, 1.165) is 35.2 Å². The summed E-state index contributed by atoms with van der Waals surface area (Å²) in [4.78, 5) is 14.9. The van der Waals surface area contributed by atoms with Gasteiger partial charge in [0.25, 0.3) is 5.91 Å². The lowest BCUT2D eigenvalue weighted by atomic mass is 10.1. The van der Waals surface area contributed by atoms with Gasteiger partial charge < -0.3 is 9.30 Å². The Hall–Kier alpha value is -2.57. The van der Waals surface area contributed by atoms with Crippen LogP contribution in [-0.4, -0.2) is 32.8 Å². The average molecular weight is 423 g/mol. The summed E-state index contributed by atoms with van der Waals surface area (Å²) in [6.07, 6.45) is 4.98. The van der Waals surface area contributed by atoms with Crippen molar-refractivity contribution in [1.82, 2.24) is 9.47 Å². The Bertz CT molecular complexity index is 1070. The summed E-state index contributed by atoms with van der Waals surface area (Å²) in [5.41, 5.74) is 2.20. The Morgan fingerprint density at radius 2 is 1.86 bits per heavy atom. The fraction of sp³-hybridized carbons (Fsp3) is 0.217. The van der Waals surface area contributed by atoms with Crippen LogP contribution in [0, 0.1) is 0 Å². The lowest BCUT2D eigenvalue weighted by Crippen LogP contribution is -2.27. The summed E-state index contributed by atoms with van der Waals surface area (Å²) in [5, 5.41) is 1.14. The molecule has 0 N–H and O–H groups in total. The minimum Gasteiger partial charge on any atom is -0.494 e. The molecule has 1 aromatic heterocycles. The van der Waals surface area contributed by atoms with Gasteiger partial charge in [-0.2, -0.15) is 0 Å². The van der Waals surface area contributed by atoms with E-state index in [0.29, 0.717) is 22.4 Å². The van der Waals surface area contributed by atoms with Crippen LogP contribution in [0.3, 0.4) is 0 Å². The number of benzene rings is 2. The lowest BCUT2D eigenvalue weighted by molar-refractivity contribution is -0.121. The van der Waals surface area contributed by atoms with E-state index in [2.05, 4.69) is 22.9 Å². The molecule has 1 fully saturated rings. The van der Waals surface area contributed by atoms with E-state index >= 15 is 0 Å². The number of para-hydroxylation sites is 2. The predicted molar refractivity (Wildman–Crippen MR) is 124 cm³/mol. The zero-order valence-corrected chi connectivity index (χ0v) is 17.8. The van der Waals surface area contributed by atoms with E-state index in [9.17, 15) is 4.79 Å². The van der Waals surface area contributed by atoms with Gasteiger partial charge in [-0.15, -0.1) is 0 Å². The normalized spacial score (nSPS) is 15.6. The van der Waals surface area contributed by atoms with Gasteiger partial charge >= 0.3 is 0 Å². The number of hydrogen-bond donors (Lipinski definition) is 0. The van der Waals surface area contributed by atoms with Crippen LogP contribution in [0.15, 0.2) is 65.7 Å². The van der Waals surface area contributed by atoms with Crippen LogP contribution in [-0.2, 0) is 11.3 Å². The van der Waals surface area contributed by atoms with E-state index < -0.39 is 0 Å². The third-order valence-corrected chi connectivity index (χ3v) is 6.23. The van der Waals surface area contributed by atoms with Gasteiger partial charge in [-0.25, -0.2) is 0 Å². The molecular weight excluding hydrogens is 400 g/mol. The molecule has 0 atom stereocenters. The predicted octanol–water partition coefficient (Wildman–Crippen LogP) is 5.33. The van der Waals surface area contributed by atoms with Crippen molar-refractivity contribution in [2.24, 2.45) is 0 Å². The average Bonchev–Trinajstić information content (AvgIpc) is 3.23. The van der Waals surface area contributed by atoms with Crippen LogP contribution in [0.1, 0.15) is 18.9 Å². The molecule has 0 saturated carbocycles. The van der Waals surface area contributed by atoms with Crippen molar-refractivity contribution < 1.29 is 9.53 Å². The first-order valence-corrected chi connectivity index (χ1v) is 10.9. The van der Waals surface area contributed by atoms with Crippen LogP contribution in [0.5, 0.6) is 5.75 Å². The maximum absolute atomic E-state index is 12.6. The van der Waals surface area contributed by atoms with Gasteiger partial charge in [0.15, 0.2) is 0 Å². The van der Waals surface area contributed by atoms with Crippen molar-refractivity contribution in [3.8, 4) is 5.75 Å². The van der Waals surface area contributed by atoms with Crippen molar-refractivity contribution >= 4 is 51.2 Å². The molecule has 0 bridgehead atoms. The van der Waals surface area contributed by atoms with Crippen molar-refractivity contribution in [3.63, 3.8) is 0 Å². The van der Waals surface area contributed by atoms with Gasteiger partial charge in [-0.05, 0) is 37.6 Å². The molecule has 1 amide bonds. The summed E-state index contributed by atoms with van der Waals surface area (Å²) in [6, 6.07) is 18.1. The number of likely N-dealkylation sites (N-methyl/N-ethyl adjacent to an activating group) is 1. The molecule has 4 rings (SSSR count). The summed E-state index contributed by atoms with van der Waals surface area (Å²) in [6.45, 7) is 4.04. The molecular formula is C23H22N2O2S2. The van der Waals surface area contributed by atoms with Gasteiger partial charge in [0, 0.05) is 35.8 Å². The molecule has 0 aliphatic carbocycles. The quantitative estimate of drug-likeness (QED) is 0.293. The second-order valence-corrected chi connectivity index (χ2v) is 8.41. The largest absolute Gasteiger partial charge is 0.494 e. The summed E-state index contributed by atoms with van der Waals surface area (Å²) in [5.74, 6) is 0.888. The number of rotatable bonds is 7. The van der Waals surface area contributed by atoms with Crippen LogP contribution >= 0.6 is 24.0 Å². The van der Waals surface area contributed by atoms with Crippen LogP contribution in [0.4, 0.5) is 0 Å². The highest BCUT2D eigenvalue weighted by Crippen LogP contribution is 2.34. The first-order valence-electron chi connectivity index (χ1n) is 9.68. The van der Waals surface area contributed by atoms with E-state index in [-0.39, 0.29) is 5.91 Å². The standard InChI is InChI=1S/C23H22N2O2S2/c1-2-25-22(26)21(29-23(25)28)15-17-16-24(20-12-7-6-11-19(17)20)13-8-14-27-18-9-4-3-5-10-18/h3-7,9-12,15-16H,2,8,13-14H2,1H3/b21-15-. The number of carbonyl (C=O) groups is 1. The molecule has 2 aromatic carbocycles. The number of ether oxygens (including phenoxy) is 1. The topological polar surface area (TPSA) is 34.5 Å². The third-order valence-electron chi connectivity index (χ3n) is 4.85. The Morgan fingerprint density at radius 3 is 2.62 bits per heavy atom. The highest BCUT2D eigenvalue weighted by atomic mass is 32.2. The lowest BCUT2D eigenvalue weighted by Gasteiger charge is -2.09. The first kappa shape index (κ1) is 19.7.